The van der Waals surface area contributed by atoms with Crippen molar-refractivity contribution in [1.82, 2.24) is 4.31 Å². The topological polar surface area (TPSA) is 3.24 Å². The van der Waals surface area contributed by atoms with Crippen molar-refractivity contribution in [2.45, 2.75) is 18.7 Å². The summed E-state index contributed by atoms with van der Waals surface area (Å²) in [5.41, 5.74) is 0. The van der Waals surface area contributed by atoms with Gasteiger partial charge in [0.1, 0.15) is 0 Å². The van der Waals surface area contributed by atoms with Crippen LogP contribution in [0.4, 0.5) is 0 Å². The number of hydrogen-bond donors (Lipinski definition) is 0. The molecule has 0 heterocycles. The van der Waals surface area contributed by atoms with E-state index in [4.69, 9.17) is 58.0 Å². The summed E-state index contributed by atoms with van der Waals surface area (Å²) in [7, 11) is 0. The van der Waals surface area contributed by atoms with Gasteiger partial charge >= 0.3 is 0 Å². The second kappa shape index (κ2) is 6.95. The fraction of sp³-hybridized carbons (Fsp3) is 0.400. The Morgan fingerprint density at radius 3 is 1.47 bits per heavy atom. The monoisotopic (exact) mass is 351 g/mol. The van der Waals surface area contributed by atoms with Gasteiger partial charge in [0.15, 0.2) is 0 Å². The molecule has 0 amide bonds. The SMILES string of the molecule is CCN(CC)Sc1c(Cl)c(Cl)c(Cl)c(Cl)c1Cl. The van der Waals surface area contributed by atoms with Gasteiger partial charge < -0.3 is 0 Å². The number of halogens is 5. The lowest BCUT2D eigenvalue weighted by molar-refractivity contribution is 0.525. The van der Waals surface area contributed by atoms with E-state index in [2.05, 4.69) is 4.31 Å². The van der Waals surface area contributed by atoms with E-state index in [0.717, 1.165) is 13.1 Å². The minimum atomic E-state index is 0.187. The van der Waals surface area contributed by atoms with Crippen LogP contribution in [0.25, 0.3) is 0 Å². The summed E-state index contributed by atoms with van der Waals surface area (Å²) < 4.78 is 2.08. The standard InChI is InChI=1S/C10H10Cl5NS/c1-3-16(4-2)17-10-8(14)6(12)5(11)7(13)9(10)15/h3-4H2,1-2H3. The molecule has 7 heteroatoms. The van der Waals surface area contributed by atoms with Crippen molar-refractivity contribution >= 4 is 70.0 Å². The minimum absolute atomic E-state index is 0.187. The van der Waals surface area contributed by atoms with E-state index in [0.29, 0.717) is 14.9 Å². The second-order valence-electron chi connectivity index (χ2n) is 3.10. The van der Waals surface area contributed by atoms with E-state index in [1.807, 2.05) is 13.8 Å². The molecule has 1 aromatic carbocycles. The Hall–Kier alpha value is 0.980. The molecular formula is C10H10Cl5NS. The van der Waals surface area contributed by atoms with Gasteiger partial charge in [-0.25, -0.2) is 4.31 Å². The molecule has 0 radical (unpaired) electrons. The largest absolute Gasteiger partial charge is 0.247 e. The van der Waals surface area contributed by atoms with Crippen LogP contribution in [0.3, 0.4) is 0 Å². The van der Waals surface area contributed by atoms with Gasteiger partial charge in [-0.05, 0) is 11.9 Å². The maximum Gasteiger partial charge on any atom is 0.0809 e. The van der Waals surface area contributed by atoms with Gasteiger partial charge in [0, 0.05) is 13.1 Å². The van der Waals surface area contributed by atoms with Gasteiger partial charge in [-0.15, -0.1) is 0 Å². The van der Waals surface area contributed by atoms with E-state index >= 15 is 0 Å². The molecule has 17 heavy (non-hydrogen) atoms. The minimum Gasteiger partial charge on any atom is -0.247 e. The highest BCUT2D eigenvalue weighted by Gasteiger charge is 2.21. The summed E-state index contributed by atoms with van der Waals surface area (Å²) in [5, 5.41) is 1.33. The molecule has 1 nitrogen and oxygen atoms in total. The Morgan fingerprint density at radius 1 is 0.765 bits per heavy atom. The van der Waals surface area contributed by atoms with Gasteiger partial charge in [0.25, 0.3) is 0 Å². The quantitative estimate of drug-likeness (QED) is 0.355. The smallest absolute Gasteiger partial charge is 0.0809 e. The molecule has 0 saturated heterocycles. The lowest BCUT2D eigenvalue weighted by Gasteiger charge is -2.19. The van der Waals surface area contributed by atoms with Crippen LogP contribution < -0.4 is 0 Å². The fourth-order valence-corrected chi connectivity index (χ4v) is 3.48. The molecule has 0 fully saturated rings. The lowest BCUT2D eigenvalue weighted by atomic mass is 10.3. The zero-order chi connectivity index (χ0) is 13.2. The number of nitrogens with zero attached hydrogens (tertiary/aromatic N) is 1. The Bertz CT molecular complexity index is 391. The van der Waals surface area contributed by atoms with E-state index in [1.54, 1.807) is 0 Å². The first-order valence-corrected chi connectivity index (χ1v) is 7.54. The fourth-order valence-electron chi connectivity index (χ4n) is 1.15. The maximum atomic E-state index is 6.13. The molecule has 0 aromatic heterocycles. The molecule has 1 aromatic rings. The van der Waals surface area contributed by atoms with Crippen LogP contribution in [0.5, 0.6) is 0 Å². The molecule has 0 aliphatic rings. The zero-order valence-electron chi connectivity index (χ0n) is 9.16. The molecule has 0 bridgehead atoms. The molecule has 0 N–H and O–H groups in total. The van der Waals surface area contributed by atoms with Crippen molar-refractivity contribution in [3.8, 4) is 0 Å². The molecule has 0 unspecified atom stereocenters. The van der Waals surface area contributed by atoms with Crippen LogP contribution in [0.15, 0.2) is 4.90 Å². The van der Waals surface area contributed by atoms with Crippen molar-refractivity contribution in [3.63, 3.8) is 0 Å². The molecule has 0 saturated carbocycles. The summed E-state index contributed by atoms with van der Waals surface area (Å²) in [4.78, 5) is 0.636. The van der Waals surface area contributed by atoms with Crippen LogP contribution in [0.2, 0.25) is 25.1 Å². The summed E-state index contributed by atoms with van der Waals surface area (Å²) in [6.07, 6.45) is 0. The van der Waals surface area contributed by atoms with E-state index in [1.165, 1.54) is 11.9 Å². The Kier molecular flexibility index (Phi) is 6.55. The molecule has 0 spiro atoms. The maximum absolute atomic E-state index is 6.13. The van der Waals surface area contributed by atoms with Crippen molar-refractivity contribution in [1.29, 1.82) is 0 Å². The van der Waals surface area contributed by atoms with Gasteiger partial charge in [-0.2, -0.15) is 0 Å². The number of rotatable bonds is 4. The number of hydrogen-bond acceptors (Lipinski definition) is 2. The predicted molar refractivity (Wildman–Crippen MR) is 80.3 cm³/mol. The van der Waals surface area contributed by atoms with E-state index < -0.39 is 0 Å². The van der Waals surface area contributed by atoms with Crippen LogP contribution in [0.1, 0.15) is 13.8 Å². The summed E-state index contributed by atoms with van der Waals surface area (Å²) in [5.74, 6) is 0. The van der Waals surface area contributed by atoms with Crippen LogP contribution in [0, 0.1) is 0 Å². The highest BCUT2D eigenvalue weighted by Crippen LogP contribution is 2.48. The van der Waals surface area contributed by atoms with Gasteiger partial charge in [-0.3, -0.25) is 0 Å². The normalized spacial score (nSPS) is 11.3. The van der Waals surface area contributed by atoms with Crippen LogP contribution >= 0.6 is 70.0 Å². The molecule has 0 aliphatic heterocycles. The van der Waals surface area contributed by atoms with E-state index in [9.17, 15) is 0 Å². The molecular weight excluding hydrogens is 343 g/mol. The predicted octanol–water partition coefficient (Wildman–Crippen LogP) is 6.30. The van der Waals surface area contributed by atoms with Gasteiger partial charge in [-0.1, -0.05) is 71.9 Å². The van der Waals surface area contributed by atoms with Crippen molar-refractivity contribution in [2.24, 2.45) is 0 Å². The molecule has 0 aliphatic carbocycles. The third-order valence-corrected chi connectivity index (χ3v) is 5.96. The highest BCUT2D eigenvalue weighted by atomic mass is 35.5. The van der Waals surface area contributed by atoms with Crippen molar-refractivity contribution < 1.29 is 0 Å². The molecule has 96 valence electrons. The highest BCUT2D eigenvalue weighted by molar-refractivity contribution is 7.97. The summed E-state index contributed by atoms with van der Waals surface area (Å²) >= 11 is 31.6. The van der Waals surface area contributed by atoms with Crippen molar-refractivity contribution in [3.05, 3.63) is 25.1 Å². The average Bonchev–Trinajstić information content (AvgIpc) is 2.34. The summed E-state index contributed by atoms with van der Waals surface area (Å²) in [6.45, 7) is 5.78. The second-order valence-corrected chi connectivity index (χ2v) is 6.10. The Morgan fingerprint density at radius 2 is 1.12 bits per heavy atom. The van der Waals surface area contributed by atoms with Crippen LogP contribution in [-0.4, -0.2) is 17.4 Å². The first-order chi connectivity index (χ1) is 7.93. The van der Waals surface area contributed by atoms with Crippen LogP contribution in [-0.2, 0) is 0 Å². The third-order valence-electron chi connectivity index (χ3n) is 2.10. The average molecular weight is 354 g/mol. The zero-order valence-corrected chi connectivity index (χ0v) is 13.8. The third kappa shape index (κ3) is 3.50. The van der Waals surface area contributed by atoms with E-state index in [-0.39, 0.29) is 15.1 Å². The lowest BCUT2D eigenvalue weighted by Crippen LogP contribution is -2.13. The molecule has 1 rings (SSSR count). The van der Waals surface area contributed by atoms with Gasteiger partial charge in [0.05, 0.1) is 30.0 Å². The Labute approximate surface area is 130 Å². The summed E-state index contributed by atoms with van der Waals surface area (Å²) in [6, 6.07) is 0. The Balaban J connectivity index is 3.24. The van der Waals surface area contributed by atoms with Gasteiger partial charge in [0.2, 0.25) is 0 Å². The number of benzene rings is 1. The molecule has 0 atom stereocenters. The first-order valence-electron chi connectivity index (χ1n) is 4.88. The first kappa shape index (κ1) is 16.0. The van der Waals surface area contributed by atoms with Crippen molar-refractivity contribution in [2.75, 3.05) is 13.1 Å².